The van der Waals surface area contributed by atoms with E-state index >= 15 is 0 Å². The van der Waals surface area contributed by atoms with Crippen LogP contribution in [0.15, 0.2) is 206 Å². The van der Waals surface area contributed by atoms with Crippen LogP contribution < -0.4 is 0 Å². The number of rotatable bonds is 7. The van der Waals surface area contributed by atoms with Crippen molar-refractivity contribution in [3.8, 4) is 78.3 Å². The molecule has 8 aromatic carbocycles. The van der Waals surface area contributed by atoms with Crippen molar-refractivity contribution in [3.05, 3.63) is 206 Å². The van der Waals surface area contributed by atoms with Crippen molar-refractivity contribution in [1.29, 1.82) is 0 Å². The van der Waals surface area contributed by atoms with Crippen molar-refractivity contribution in [2.24, 2.45) is 0 Å². The highest BCUT2D eigenvalue weighted by Crippen LogP contribution is 2.40. The van der Waals surface area contributed by atoms with E-state index in [0.29, 0.717) is 0 Å². The van der Waals surface area contributed by atoms with E-state index in [-0.39, 0.29) is 0 Å². The minimum atomic E-state index is 0.723. The predicted molar refractivity (Wildman–Crippen MR) is 233 cm³/mol. The Kier molecular flexibility index (Phi) is 8.40. The molecule has 0 saturated carbocycles. The van der Waals surface area contributed by atoms with Gasteiger partial charge in [0, 0.05) is 21.2 Å². The molecule has 2 nitrogen and oxygen atoms in total. The Labute approximate surface area is 324 Å². The average Bonchev–Trinajstić information content (AvgIpc) is 3.66. The summed E-state index contributed by atoms with van der Waals surface area (Å²) in [6, 6.07) is 73.5. The zero-order chi connectivity index (χ0) is 36.6. The first-order valence-corrected chi connectivity index (χ1v) is 19.4. The van der Waals surface area contributed by atoms with Crippen molar-refractivity contribution in [2.75, 3.05) is 0 Å². The molecule has 258 valence electrons. The van der Waals surface area contributed by atoms with E-state index in [1.807, 2.05) is 0 Å². The van der Waals surface area contributed by atoms with Crippen molar-refractivity contribution in [1.82, 2.24) is 9.97 Å². The third-order valence-corrected chi connectivity index (χ3v) is 11.5. The third-order valence-electron chi connectivity index (χ3n) is 10.3. The molecule has 55 heavy (non-hydrogen) atoms. The Morgan fingerprint density at radius 2 is 0.691 bits per heavy atom. The van der Waals surface area contributed by atoms with Gasteiger partial charge >= 0.3 is 0 Å². The summed E-state index contributed by atoms with van der Waals surface area (Å²) in [5, 5.41) is 1.16. The number of hydrogen-bond donors (Lipinski definition) is 0. The molecule has 0 aliphatic rings. The monoisotopic (exact) mass is 718 g/mol. The summed E-state index contributed by atoms with van der Waals surface area (Å²) in [4.78, 5) is 10.5. The first-order chi connectivity index (χ1) is 27.2. The number of thiophene rings is 1. The summed E-state index contributed by atoms with van der Waals surface area (Å²) < 4.78 is 2.33. The largest absolute Gasteiger partial charge is 0.226 e. The molecular formula is C52H34N2S. The number of aromatic nitrogens is 2. The molecule has 0 aliphatic heterocycles. The van der Waals surface area contributed by atoms with Gasteiger partial charge in [-0.1, -0.05) is 176 Å². The van der Waals surface area contributed by atoms with E-state index in [0.717, 1.165) is 49.4 Å². The van der Waals surface area contributed by atoms with Crippen LogP contribution in [0.2, 0.25) is 0 Å². The molecule has 0 amide bonds. The summed E-state index contributed by atoms with van der Waals surface area (Å²) >= 11 is 1.76. The van der Waals surface area contributed by atoms with Crippen LogP contribution in [0.5, 0.6) is 0 Å². The van der Waals surface area contributed by atoms with Crippen molar-refractivity contribution in [3.63, 3.8) is 0 Å². The van der Waals surface area contributed by atoms with Crippen LogP contribution in [-0.2, 0) is 0 Å². The molecule has 10 rings (SSSR count). The Bertz CT molecular complexity index is 2830. The van der Waals surface area contributed by atoms with Gasteiger partial charge in [0.1, 0.15) is 0 Å². The molecule has 0 bridgehead atoms. The van der Waals surface area contributed by atoms with Crippen LogP contribution in [0, 0.1) is 0 Å². The van der Waals surface area contributed by atoms with Gasteiger partial charge in [-0.05, 0) is 86.0 Å². The molecule has 2 aromatic heterocycles. The second kappa shape index (κ2) is 14.1. The molecule has 0 unspecified atom stereocenters. The molecular weight excluding hydrogens is 685 g/mol. The molecule has 10 aromatic rings. The minimum Gasteiger partial charge on any atom is -0.226 e. The molecule has 0 N–H and O–H groups in total. The Hall–Kier alpha value is -6.94. The summed E-state index contributed by atoms with van der Waals surface area (Å²) in [6.45, 7) is 0. The van der Waals surface area contributed by atoms with E-state index in [1.54, 1.807) is 11.3 Å². The van der Waals surface area contributed by atoms with Gasteiger partial charge in [-0.25, -0.2) is 9.97 Å². The number of nitrogens with zero attached hydrogens (tertiary/aromatic N) is 2. The lowest BCUT2D eigenvalue weighted by Gasteiger charge is -2.13. The fourth-order valence-electron chi connectivity index (χ4n) is 7.45. The maximum Gasteiger partial charge on any atom is 0.160 e. The lowest BCUT2D eigenvalue weighted by atomic mass is 9.91. The summed E-state index contributed by atoms with van der Waals surface area (Å²) in [5.74, 6) is 0.723. The lowest BCUT2D eigenvalue weighted by molar-refractivity contribution is 1.24. The molecule has 0 radical (unpaired) electrons. The topological polar surface area (TPSA) is 25.8 Å². The van der Waals surface area contributed by atoms with Gasteiger partial charge in [0.05, 0.1) is 15.9 Å². The highest BCUT2D eigenvalue weighted by molar-refractivity contribution is 7.26. The Morgan fingerprint density at radius 3 is 1.25 bits per heavy atom. The first-order valence-electron chi connectivity index (χ1n) is 18.6. The molecule has 0 atom stereocenters. The molecule has 2 heterocycles. The van der Waals surface area contributed by atoms with Crippen LogP contribution >= 0.6 is 11.3 Å². The van der Waals surface area contributed by atoms with Gasteiger partial charge in [-0.15, -0.1) is 11.3 Å². The second-order valence-corrected chi connectivity index (χ2v) is 14.9. The molecule has 0 aliphatic carbocycles. The van der Waals surface area contributed by atoms with E-state index in [1.165, 1.54) is 49.2 Å². The zero-order valence-corrected chi connectivity index (χ0v) is 30.7. The van der Waals surface area contributed by atoms with Crippen molar-refractivity contribution >= 4 is 31.6 Å². The highest BCUT2D eigenvalue weighted by Gasteiger charge is 2.17. The highest BCUT2D eigenvalue weighted by atomic mass is 32.1. The normalized spacial score (nSPS) is 11.3. The average molecular weight is 719 g/mol. The van der Waals surface area contributed by atoms with Gasteiger partial charge in [-0.2, -0.15) is 0 Å². The summed E-state index contributed by atoms with van der Waals surface area (Å²) in [7, 11) is 0. The van der Waals surface area contributed by atoms with Gasteiger partial charge in [0.15, 0.2) is 5.82 Å². The molecule has 0 saturated heterocycles. The van der Waals surface area contributed by atoms with Crippen molar-refractivity contribution < 1.29 is 0 Å². The maximum atomic E-state index is 5.27. The smallest absolute Gasteiger partial charge is 0.160 e. The molecule has 0 fully saturated rings. The lowest BCUT2D eigenvalue weighted by Crippen LogP contribution is -1.94. The van der Waals surface area contributed by atoms with Crippen LogP contribution in [0.25, 0.3) is 98.6 Å². The predicted octanol–water partition coefficient (Wildman–Crippen LogP) is 14.5. The zero-order valence-electron chi connectivity index (χ0n) is 29.9. The molecule has 3 heteroatoms. The number of hydrogen-bond acceptors (Lipinski definition) is 3. The fraction of sp³-hybridized carbons (Fsp3) is 0. The third kappa shape index (κ3) is 6.41. The fourth-order valence-corrected chi connectivity index (χ4v) is 8.60. The summed E-state index contributed by atoms with van der Waals surface area (Å²) in [6.07, 6.45) is 0. The minimum absolute atomic E-state index is 0.723. The van der Waals surface area contributed by atoms with E-state index in [2.05, 4.69) is 206 Å². The number of benzene rings is 8. The standard InChI is InChI=1S/C52H34N2S/c1-4-13-35(14-5-1)37-23-27-39(28-24-37)44-32-45(40-29-25-38(26-30-40)36-15-6-2-7-16-36)34-46(33-44)42-19-12-20-43(31-42)52-53-49(41-17-8-3-9-18-41)51-50(54-52)47-21-10-11-22-48(47)55-51/h1-34H. The van der Waals surface area contributed by atoms with Gasteiger partial charge in [-0.3, -0.25) is 0 Å². The van der Waals surface area contributed by atoms with Crippen molar-refractivity contribution in [2.45, 2.75) is 0 Å². The summed E-state index contributed by atoms with van der Waals surface area (Å²) in [5.41, 5.74) is 15.8. The van der Waals surface area contributed by atoms with E-state index < -0.39 is 0 Å². The Balaban J connectivity index is 1.10. The van der Waals surface area contributed by atoms with Gasteiger partial charge in [0.2, 0.25) is 0 Å². The van der Waals surface area contributed by atoms with E-state index in [9.17, 15) is 0 Å². The van der Waals surface area contributed by atoms with E-state index in [4.69, 9.17) is 9.97 Å². The second-order valence-electron chi connectivity index (χ2n) is 13.8. The van der Waals surface area contributed by atoms with Crippen LogP contribution in [0.3, 0.4) is 0 Å². The van der Waals surface area contributed by atoms with Crippen LogP contribution in [0.1, 0.15) is 0 Å². The van der Waals surface area contributed by atoms with Gasteiger partial charge < -0.3 is 0 Å². The SMILES string of the molecule is c1ccc(-c2ccc(-c3cc(-c4ccc(-c5ccccc5)cc4)cc(-c4cccc(-c5nc(-c6ccccc6)c6sc7ccccc7c6n5)c4)c3)cc2)cc1. The first kappa shape index (κ1) is 32.7. The van der Waals surface area contributed by atoms with Crippen LogP contribution in [0.4, 0.5) is 0 Å². The maximum absolute atomic E-state index is 5.27. The number of fused-ring (bicyclic) bond motifs is 3. The quantitative estimate of drug-likeness (QED) is 0.164. The van der Waals surface area contributed by atoms with Gasteiger partial charge in [0.25, 0.3) is 0 Å². The van der Waals surface area contributed by atoms with Crippen LogP contribution in [-0.4, -0.2) is 9.97 Å². The molecule has 0 spiro atoms. The Morgan fingerprint density at radius 1 is 0.291 bits per heavy atom.